The predicted molar refractivity (Wildman–Crippen MR) is 104 cm³/mol. The third-order valence-corrected chi connectivity index (χ3v) is 11.1. The first kappa shape index (κ1) is 21.9. The molecule has 0 aromatic carbocycles. The molecule has 0 bridgehead atoms. The molecule has 0 aliphatic carbocycles. The largest absolute Gasteiger partial charge is 0.462 e. The van der Waals surface area contributed by atoms with Gasteiger partial charge in [0.15, 0.2) is 14.1 Å². The second-order valence-corrected chi connectivity index (χ2v) is 14.4. The maximum atomic E-state index is 11.6. The molecule has 0 radical (unpaired) electrons. The van der Waals surface area contributed by atoms with Gasteiger partial charge in [0.25, 0.3) is 0 Å². The van der Waals surface area contributed by atoms with Gasteiger partial charge in [0, 0.05) is 25.2 Å². The van der Waals surface area contributed by atoms with Crippen molar-refractivity contribution in [2.75, 3.05) is 6.61 Å². The van der Waals surface area contributed by atoms with Crippen LogP contribution in [0.4, 0.5) is 0 Å². The molecule has 6 atom stereocenters. The zero-order valence-electron chi connectivity index (χ0n) is 18.0. The van der Waals surface area contributed by atoms with Crippen molar-refractivity contribution in [3.05, 3.63) is 0 Å². The molecule has 2 heterocycles. The summed E-state index contributed by atoms with van der Waals surface area (Å²) in [5.41, 5.74) is 0. The van der Waals surface area contributed by atoms with Crippen LogP contribution in [0.25, 0.3) is 0 Å². The summed E-state index contributed by atoms with van der Waals surface area (Å²) in [5.74, 6) is -0.975. The molecule has 2 fully saturated rings. The number of carbonyl (C=O) groups is 1. The predicted octanol–water partition coefficient (Wildman–Crippen LogP) is 4.51. The first-order valence-electron chi connectivity index (χ1n) is 9.97. The van der Waals surface area contributed by atoms with E-state index in [1.165, 1.54) is 6.92 Å². The van der Waals surface area contributed by atoms with Crippen molar-refractivity contribution in [3.63, 3.8) is 0 Å². The Kier molecular flexibility index (Phi) is 6.33. The Bertz CT molecular complexity index is 515. The van der Waals surface area contributed by atoms with E-state index in [1.807, 2.05) is 6.92 Å². The van der Waals surface area contributed by atoms with Gasteiger partial charge in [0.05, 0.1) is 18.8 Å². The Labute approximate surface area is 160 Å². The van der Waals surface area contributed by atoms with Gasteiger partial charge >= 0.3 is 5.97 Å². The highest BCUT2D eigenvalue weighted by Gasteiger charge is 2.57. The van der Waals surface area contributed by atoms with Crippen LogP contribution >= 0.6 is 0 Å². The molecule has 0 aromatic heterocycles. The van der Waals surface area contributed by atoms with Gasteiger partial charge in [-0.1, -0.05) is 34.6 Å². The number of hydrogen-bond donors (Lipinski definition) is 0. The summed E-state index contributed by atoms with van der Waals surface area (Å²) >= 11 is 0. The summed E-state index contributed by atoms with van der Waals surface area (Å²) in [6.45, 7) is 19.7. The molecule has 5 nitrogen and oxygen atoms in total. The molecule has 0 aromatic rings. The van der Waals surface area contributed by atoms with Gasteiger partial charge in [0.1, 0.15) is 6.10 Å². The highest BCUT2D eigenvalue weighted by Crippen LogP contribution is 2.48. The lowest BCUT2D eigenvalue weighted by Crippen LogP contribution is -2.64. The van der Waals surface area contributed by atoms with E-state index in [0.717, 1.165) is 6.42 Å². The van der Waals surface area contributed by atoms with Crippen LogP contribution in [-0.4, -0.2) is 45.0 Å². The lowest BCUT2D eigenvalue weighted by molar-refractivity contribution is -0.364. The van der Waals surface area contributed by atoms with Crippen LogP contribution in [0.3, 0.4) is 0 Å². The average Bonchev–Trinajstić information content (AvgIpc) is 2.47. The van der Waals surface area contributed by atoms with Crippen LogP contribution in [0, 0.1) is 11.8 Å². The van der Waals surface area contributed by atoms with Gasteiger partial charge in [-0.25, -0.2) is 0 Å². The first-order valence-corrected chi connectivity index (χ1v) is 12.9. The number of carbonyl (C=O) groups excluding carboxylic acids is 1. The van der Waals surface area contributed by atoms with Gasteiger partial charge in [-0.15, -0.1) is 0 Å². The van der Waals surface area contributed by atoms with Crippen LogP contribution in [-0.2, 0) is 23.4 Å². The second-order valence-electron chi connectivity index (χ2n) is 9.66. The summed E-state index contributed by atoms with van der Waals surface area (Å²) in [6, 6.07) is 0. The fraction of sp³-hybridized carbons (Fsp3) is 0.950. The highest BCUT2D eigenvalue weighted by atomic mass is 28.4. The second kappa shape index (κ2) is 7.53. The summed E-state index contributed by atoms with van der Waals surface area (Å²) in [7, 11) is -1.89. The van der Waals surface area contributed by atoms with Crippen LogP contribution in [0.2, 0.25) is 18.1 Å². The van der Waals surface area contributed by atoms with Gasteiger partial charge in [0.2, 0.25) is 0 Å². The molecule has 2 aliphatic rings. The Morgan fingerprint density at radius 2 is 1.69 bits per heavy atom. The zero-order valence-corrected chi connectivity index (χ0v) is 19.0. The minimum atomic E-state index is -1.89. The smallest absolute Gasteiger partial charge is 0.302 e. The van der Waals surface area contributed by atoms with Crippen molar-refractivity contribution < 1.29 is 23.4 Å². The van der Waals surface area contributed by atoms with E-state index >= 15 is 0 Å². The number of hydrogen-bond acceptors (Lipinski definition) is 5. The molecule has 0 amide bonds. The first-order chi connectivity index (χ1) is 11.8. The molecule has 26 heavy (non-hydrogen) atoms. The monoisotopic (exact) mass is 386 g/mol. The van der Waals surface area contributed by atoms with E-state index in [2.05, 4.69) is 47.7 Å². The van der Waals surface area contributed by atoms with Crippen LogP contribution < -0.4 is 0 Å². The fourth-order valence-electron chi connectivity index (χ4n) is 4.00. The molecule has 2 saturated heterocycles. The van der Waals surface area contributed by atoms with Gasteiger partial charge in [-0.05, 0) is 31.5 Å². The number of ether oxygens (including phenoxy) is 3. The van der Waals surface area contributed by atoms with E-state index in [9.17, 15) is 4.79 Å². The summed E-state index contributed by atoms with van der Waals surface area (Å²) in [6.07, 6.45) is 1.45. The third-order valence-electron chi connectivity index (χ3n) is 6.63. The molecule has 2 aliphatic heterocycles. The van der Waals surface area contributed by atoms with E-state index in [4.69, 9.17) is 18.6 Å². The number of rotatable bonds is 3. The SMILES string of the molecule is CC(=O)O[C@@H]1C[C@H](C)O[C@@]2(OCC[C@@H](O[Si](C)(C)C(C)(C)C)[C@@H]2C)[C@@H]1C. The third kappa shape index (κ3) is 4.18. The van der Waals surface area contributed by atoms with Crippen molar-refractivity contribution in [1.29, 1.82) is 0 Å². The summed E-state index contributed by atoms with van der Waals surface area (Å²) in [5, 5.41) is 0.158. The van der Waals surface area contributed by atoms with E-state index < -0.39 is 14.1 Å². The molecular weight excluding hydrogens is 348 g/mol. The molecule has 0 N–H and O–H groups in total. The van der Waals surface area contributed by atoms with Crippen molar-refractivity contribution in [1.82, 2.24) is 0 Å². The molecule has 152 valence electrons. The molecule has 0 saturated carbocycles. The zero-order chi connectivity index (χ0) is 19.9. The number of esters is 1. The standard InChI is InChI=1S/C20H38O5Si/c1-13-12-18(23-16(4)21)15(3)20(24-13)14(2)17(10-11-22-20)25-26(8,9)19(5,6)7/h13-15,17-18H,10-12H2,1-9H3/t13-,14-,15+,17+,18+,20+/m0/s1. The van der Waals surface area contributed by atoms with E-state index in [1.54, 1.807) is 0 Å². The lowest BCUT2D eigenvalue weighted by Gasteiger charge is -2.55. The Hall–Kier alpha value is -0.433. The fourth-order valence-corrected chi connectivity index (χ4v) is 5.43. The van der Waals surface area contributed by atoms with Gasteiger partial charge in [-0.2, -0.15) is 0 Å². The molecule has 6 heteroatoms. The molecule has 2 rings (SSSR count). The van der Waals surface area contributed by atoms with Crippen molar-refractivity contribution in [2.45, 2.75) is 104 Å². The van der Waals surface area contributed by atoms with Gasteiger partial charge < -0.3 is 18.6 Å². The molecule has 0 unspecified atom stereocenters. The molecular formula is C20H38O5Si. The molecule has 1 spiro atoms. The minimum absolute atomic E-state index is 0.0235. The van der Waals surface area contributed by atoms with E-state index in [0.29, 0.717) is 13.0 Å². The minimum Gasteiger partial charge on any atom is -0.462 e. The Balaban J connectivity index is 2.26. The lowest BCUT2D eigenvalue weighted by atomic mass is 9.76. The van der Waals surface area contributed by atoms with Crippen LogP contribution in [0.5, 0.6) is 0 Å². The average molecular weight is 387 g/mol. The maximum Gasteiger partial charge on any atom is 0.302 e. The highest BCUT2D eigenvalue weighted by molar-refractivity contribution is 6.74. The summed E-state index contributed by atoms with van der Waals surface area (Å²) < 4.78 is 25.0. The van der Waals surface area contributed by atoms with Crippen LogP contribution in [0.1, 0.15) is 61.3 Å². The summed E-state index contributed by atoms with van der Waals surface area (Å²) in [4.78, 5) is 11.6. The van der Waals surface area contributed by atoms with Gasteiger partial charge in [-0.3, -0.25) is 4.79 Å². The Morgan fingerprint density at radius 3 is 2.23 bits per heavy atom. The topological polar surface area (TPSA) is 54.0 Å². The maximum absolute atomic E-state index is 11.6. The van der Waals surface area contributed by atoms with E-state index in [-0.39, 0.29) is 41.2 Å². The Morgan fingerprint density at radius 1 is 1.12 bits per heavy atom. The normalized spacial score (nSPS) is 39.0. The van der Waals surface area contributed by atoms with Crippen molar-refractivity contribution in [3.8, 4) is 0 Å². The van der Waals surface area contributed by atoms with Crippen molar-refractivity contribution in [2.24, 2.45) is 11.8 Å². The quantitative estimate of drug-likeness (QED) is 0.528. The van der Waals surface area contributed by atoms with Crippen molar-refractivity contribution >= 4 is 14.3 Å². The van der Waals surface area contributed by atoms with Crippen LogP contribution in [0.15, 0.2) is 0 Å².